The third-order valence-corrected chi connectivity index (χ3v) is 5.60. The minimum atomic E-state index is -0.344. The molecule has 8 heteroatoms. The summed E-state index contributed by atoms with van der Waals surface area (Å²) < 4.78 is 10.0. The third-order valence-electron chi connectivity index (χ3n) is 4.66. The average molecular weight is 418 g/mol. The Labute approximate surface area is 175 Å². The summed E-state index contributed by atoms with van der Waals surface area (Å²) in [6.07, 6.45) is -0.218. The van der Waals surface area contributed by atoms with Crippen LogP contribution in [0.2, 0.25) is 0 Å². The molecule has 29 heavy (non-hydrogen) atoms. The maximum Gasteiger partial charge on any atom is 0.409 e. The van der Waals surface area contributed by atoms with E-state index in [-0.39, 0.29) is 12.1 Å². The zero-order valence-electron chi connectivity index (χ0n) is 17.1. The first-order chi connectivity index (χ1) is 14.0. The van der Waals surface area contributed by atoms with E-state index < -0.39 is 0 Å². The monoisotopic (exact) mass is 417 g/mol. The molecule has 1 aromatic carbocycles. The summed E-state index contributed by atoms with van der Waals surface area (Å²) in [5.41, 5.74) is 2.52. The largest absolute Gasteiger partial charge is 0.465 e. The molecule has 0 N–H and O–H groups in total. The van der Waals surface area contributed by atoms with Crippen LogP contribution in [0.4, 0.5) is 4.79 Å². The number of rotatable bonds is 6. The van der Waals surface area contributed by atoms with Gasteiger partial charge in [-0.25, -0.2) is 14.6 Å². The lowest BCUT2D eigenvalue weighted by molar-refractivity contribution is 0.0600. The topological polar surface area (TPSA) is 72.0 Å². The Morgan fingerprint density at radius 2 is 1.83 bits per heavy atom. The Balaban J connectivity index is 1.51. The molecule has 0 atom stereocenters. The van der Waals surface area contributed by atoms with E-state index in [2.05, 4.69) is 10.3 Å². The van der Waals surface area contributed by atoms with E-state index in [1.807, 2.05) is 26.0 Å². The molecule has 0 unspecified atom stereocenters. The molecule has 3 rings (SSSR count). The first-order valence-corrected chi connectivity index (χ1v) is 10.6. The molecule has 156 valence electrons. The van der Waals surface area contributed by atoms with Gasteiger partial charge >= 0.3 is 12.1 Å². The van der Waals surface area contributed by atoms with Crippen LogP contribution in [0.25, 0.3) is 10.6 Å². The van der Waals surface area contributed by atoms with Crippen molar-refractivity contribution in [2.24, 2.45) is 5.92 Å². The van der Waals surface area contributed by atoms with Crippen LogP contribution in [0.1, 0.15) is 29.9 Å². The van der Waals surface area contributed by atoms with Crippen molar-refractivity contribution in [1.82, 2.24) is 14.8 Å². The van der Waals surface area contributed by atoms with Crippen molar-refractivity contribution >= 4 is 23.4 Å². The SMILES string of the molecule is COC(=O)c1ccc(-c2nc(CN3CCN(C(=O)OCC(C)C)CC3)cs2)cc1. The van der Waals surface area contributed by atoms with Crippen molar-refractivity contribution in [3.63, 3.8) is 0 Å². The number of hydrogen-bond acceptors (Lipinski definition) is 7. The van der Waals surface area contributed by atoms with Gasteiger partial charge in [0.1, 0.15) is 5.01 Å². The zero-order valence-corrected chi connectivity index (χ0v) is 17.9. The van der Waals surface area contributed by atoms with E-state index in [4.69, 9.17) is 14.5 Å². The molecule has 1 aliphatic rings. The van der Waals surface area contributed by atoms with Crippen LogP contribution in [0, 0.1) is 5.92 Å². The number of nitrogens with zero attached hydrogens (tertiary/aromatic N) is 3. The van der Waals surface area contributed by atoms with Crippen LogP contribution >= 0.6 is 11.3 Å². The lowest BCUT2D eigenvalue weighted by Crippen LogP contribution is -2.48. The second kappa shape index (κ2) is 9.84. The van der Waals surface area contributed by atoms with E-state index in [9.17, 15) is 9.59 Å². The highest BCUT2D eigenvalue weighted by Crippen LogP contribution is 2.25. The minimum Gasteiger partial charge on any atom is -0.465 e. The molecule has 0 bridgehead atoms. The van der Waals surface area contributed by atoms with Gasteiger partial charge in [0, 0.05) is 43.7 Å². The van der Waals surface area contributed by atoms with Crippen molar-refractivity contribution in [2.75, 3.05) is 39.9 Å². The van der Waals surface area contributed by atoms with Crippen molar-refractivity contribution in [1.29, 1.82) is 0 Å². The normalized spacial score (nSPS) is 14.8. The number of ether oxygens (including phenoxy) is 2. The zero-order chi connectivity index (χ0) is 20.8. The molecular formula is C21H27N3O4S. The Bertz CT molecular complexity index is 827. The smallest absolute Gasteiger partial charge is 0.409 e. The minimum absolute atomic E-state index is 0.218. The second-order valence-electron chi connectivity index (χ2n) is 7.45. The highest BCUT2D eigenvalue weighted by molar-refractivity contribution is 7.13. The van der Waals surface area contributed by atoms with E-state index in [1.165, 1.54) is 7.11 Å². The molecular weight excluding hydrogens is 390 g/mol. The lowest BCUT2D eigenvalue weighted by atomic mass is 10.1. The number of thiazole rings is 1. The first kappa shape index (κ1) is 21.3. The van der Waals surface area contributed by atoms with Crippen molar-refractivity contribution < 1.29 is 19.1 Å². The fourth-order valence-corrected chi connectivity index (χ4v) is 3.84. The molecule has 1 aromatic heterocycles. The third kappa shape index (κ3) is 5.77. The van der Waals surface area contributed by atoms with Crippen LogP contribution in [0.5, 0.6) is 0 Å². The number of carbonyl (C=O) groups excluding carboxylic acids is 2. The number of hydrogen-bond donors (Lipinski definition) is 0. The summed E-state index contributed by atoms with van der Waals surface area (Å²) in [5, 5.41) is 2.99. The molecule has 2 aromatic rings. The number of amides is 1. The molecule has 1 aliphatic heterocycles. The molecule has 0 saturated carbocycles. The van der Waals surface area contributed by atoms with Gasteiger partial charge < -0.3 is 14.4 Å². The van der Waals surface area contributed by atoms with Crippen molar-refractivity contribution in [3.05, 3.63) is 40.9 Å². The van der Waals surface area contributed by atoms with Crippen LogP contribution in [0.15, 0.2) is 29.6 Å². The molecule has 0 radical (unpaired) electrons. The standard InChI is InChI=1S/C21H27N3O4S/c1-15(2)13-28-21(26)24-10-8-23(9-11-24)12-18-14-29-19(22-18)16-4-6-17(7-5-16)20(25)27-3/h4-7,14-15H,8-13H2,1-3H3. The van der Waals surface area contributed by atoms with Gasteiger partial charge in [0.05, 0.1) is 25.0 Å². The fourth-order valence-electron chi connectivity index (χ4n) is 3.03. The van der Waals surface area contributed by atoms with Crippen molar-refractivity contribution in [2.45, 2.75) is 20.4 Å². The number of carbonyl (C=O) groups is 2. The van der Waals surface area contributed by atoms with Crippen LogP contribution in [-0.4, -0.2) is 66.7 Å². The Kier molecular flexibility index (Phi) is 7.22. The fraction of sp³-hybridized carbons (Fsp3) is 0.476. The van der Waals surface area contributed by atoms with E-state index in [1.54, 1.807) is 28.4 Å². The predicted octanol–water partition coefficient (Wildman–Crippen LogP) is 3.51. The van der Waals surface area contributed by atoms with Crippen LogP contribution in [-0.2, 0) is 16.0 Å². The van der Waals surface area contributed by atoms with E-state index in [0.717, 1.165) is 35.9 Å². The summed E-state index contributed by atoms with van der Waals surface area (Å²) in [5.74, 6) is -0.000576. The second-order valence-corrected chi connectivity index (χ2v) is 8.30. The van der Waals surface area contributed by atoms with Crippen molar-refractivity contribution in [3.8, 4) is 10.6 Å². The molecule has 0 aliphatic carbocycles. The molecule has 1 saturated heterocycles. The van der Waals surface area contributed by atoms with E-state index >= 15 is 0 Å². The maximum absolute atomic E-state index is 12.1. The summed E-state index contributed by atoms with van der Waals surface area (Å²) in [6.45, 7) is 8.22. The quantitative estimate of drug-likeness (QED) is 0.670. The Hall–Kier alpha value is -2.45. The number of esters is 1. The Morgan fingerprint density at radius 1 is 1.14 bits per heavy atom. The molecule has 0 spiro atoms. The maximum atomic E-state index is 12.1. The van der Waals surface area contributed by atoms with Gasteiger partial charge in [-0.3, -0.25) is 4.90 Å². The van der Waals surface area contributed by atoms with Crippen LogP contribution in [0.3, 0.4) is 0 Å². The highest BCUT2D eigenvalue weighted by atomic mass is 32.1. The number of methoxy groups -OCH3 is 1. The molecule has 7 nitrogen and oxygen atoms in total. The average Bonchev–Trinajstić information content (AvgIpc) is 3.20. The van der Waals surface area contributed by atoms with Crippen LogP contribution < -0.4 is 0 Å². The molecule has 1 amide bonds. The van der Waals surface area contributed by atoms with Gasteiger partial charge in [-0.2, -0.15) is 0 Å². The number of piperazine rings is 1. The Morgan fingerprint density at radius 3 is 2.45 bits per heavy atom. The summed E-state index contributed by atoms with van der Waals surface area (Å²) in [4.78, 5) is 32.4. The van der Waals surface area contributed by atoms with Gasteiger partial charge in [0.15, 0.2) is 0 Å². The summed E-state index contributed by atoms with van der Waals surface area (Å²) in [6, 6.07) is 7.27. The summed E-state index contributed by atoms with van der Waals surface area (Å²) >= 11 is 1.59. The van der Waals surface area contributed by atoms with Gasteiger partial charge in [0.2, 0.25) is 0 Å². The number of benzene rings is 1. The molecule has 2 heterocycles. The predicted molar refractivity (Wildman–Crippen MR) is 112 cm³/mol. The highest BCUT2D eigenvalue weighted by Gasteiger charge is 2.23. The van der Waals surface area contributed by atoms with E-state index in [0.29, 0.717) is 31.2 Å². The van der Waals surface area contributed by atoms with Gasteiger partial charge in [-0.15, -0.1) is 11.3 Å². The van der Waals surface area contributed by atoms with Gasteiger partial charge in [-0.1, -0.05) is 26.0 Å². The number of aromatic nitrogens is 1. The first-order valence-electron chi connectivity index (χ1n) is 9.73. The van der Waals surface area contributed by atoms with Gasteiger partial charge in [-0.05, 0) is 18.1 Å². The summed E-state index contributed by atoms with van der Waals surface area (Å²) in [7, 11) is 1.37. The van der Waals surface area contributed by atoms with Gasteiger partial charge in [0.25, 0.3) is 0 Å². The lowest BCUT2D eigenvalue weighted by Gasteiger charge is -2.33. The molecule has 1 fully saturated rings.